The van der Waals surface area contributed by atoms with Crippen molar-refractivity contribution in [2.75, 3.05) is 6.54 Å². The van der Waals surface area contributed by atoms with Crippen molar-refractivity contribution in [3.63, 3.8) is 0 Å². The second-order valence-electron chi connectivity index (χ2n) is 5.65. The molecule has 26 heavy (non-hydrogen) atoms. The van der Waals surface area contributed by atoms with Crippen molar-refractivity contribution in [2.24, 2.45) is 0 Å². The third kappa shape index (κ3) is 3.71. The first-order valence-electron chi connectivity index (χ1n) is 7.75. The van der Waals surface area contributed by atoms with E-state index in [1.54, 1.807) is 23.6 Å². The van der Waals surface area contributed by atoms with E-state index in [1.807, 2.05) is 0 Å². The van der Waals surface area contributed by atoms with Crippen LogP contribution in [0.2, 0.25) is 0 Å². The van der Waals surface area contributed by atoms with E-state index in [0.29, 0.717) is 4.88 Å². The summed E-state index contributed by atoms with van der Waals surface area (Å²) in [5.74, 6) is -0.634. The van der Waals surface area contributed by atoms with Gasteiger partial charge in [0.15, 0.2) is 9.84 Å². The number of rotatable bonds is 6. The molecule has 136 valence electrons. The molecule has 2 aromatic heterocycles. The van der Waals surface area contributed by atoms with Gasteiger partial charge in [0.2, 0.25) is 0 Å². The Labute approximate surface area is 154 Å². The molecule has 3 rings (SSSR count). The summed E-state index contributed by atoms with van der Waals surface area (Å²) in [7, 11) is -3.90. The van der Waals surface area contributed by atoms with E-state index in [1.165, 1.54) is 42.7 Å². The first-order chi connectivity index (χ1) is 12.4. The van der Waals surface area contributed by atoms with Gasteiger partial charge in [0.05, 0.1) is 16.0 Å². The van der Waals surface area contributed by atoms with Crippen molar-refractivity contribution in [3.8, 4) is 0 Å². The molecule has 0 aliphatic heterocycles. The zero-order valence-electron chi connectivity index (χ0n) is 13.8. The maximum atomic E-state index is 13.5. The molecular weight excluding hydrogens is 377 g/mol. The average molecular weight is 393 g/mol. The van der Waals surface area contributed by atoms with Gasteiger partial charge in [0.25, 0.3) is 5.91 Å². The van der Waals surface area contributed by atoms with Gasteiger partial charge in [-0.3, -0.25) is 4.79 Å². The van der Waals surface area contributed by atoms with Crippen LogP contribution in [0.1, 0.15) is 26.2 Å². The number of hydrogen-bond acceptors (Lipinski definition) is 5. The van der Waals surface area contributed by atoms with E-state index in [-0.39, 0.29) is 28.7 Å². The maximum absolute atomic E-state index is 13.5. The summed E-state index contributed by atoms with van der Waals surface area (Å²) in [4.78, 5) is 12.6. The molecule has 5 nitrogen and oxygen atoms in total. The van der Waals surface area contributed by atoms with Gasteiger partial charge in [-0.25, -0.2) is 12.8 Å². The molecule has 3 aromatic rings. The number of nitrogens with one attached hydrogen (secondary N) is 1. The fourth-order valence-corrected chi connectivity index (χ4v) is 4.79. The minimum absolute atomic E-state index is 0.0248. The van der Waals surface area contributed by atoms with Crippen LogP contribution < -0.4 is 5.32 Å². The Hall–Kier alpha value is -2.45. The monoisotopic (exact) mass is 393 g/mol. The number of halogens is 1. The van der Waals surface area contributed by atoms with Crippen molar-refractivity contribution in [3.05, 3.63) is 76.1 Å². The molecule has 8 heteroatoms. The fraction of sp³-hybridized carbons (Fsp3) is 0.167. The van der Waals surface area contributed by atoms with Gasteiger partial charge in [0, 0.05) is 6.54 Å². The quantitative estimate of drug-likeness (QED) is 0.648. The van der Waals surface area contributed by atoms with Crippen LogP contribution in [0.15, 0.2) is 63.4 Å². The number of carbonyl (C=O) groups excluding carboxylic acids is 1. The molecule has 0 aliphatic rings. The highest BCUT2D eigenvalue weighted by Gasteiger charge is 2.32. The Kier molecular flexibility index (Phi) is 5.24. The van der Waals surface area contributed by atoms with Gasteiger partial charge >= 0.3 is 0 Å². The number of benzene rings is 1. The molecule has 1 N–H and O–H groups in total. The van der Waals surface area contributed by atoms with Gasteiger partial charge in [-0.2, -0.15) is 0 Å². The highest BCUT2D eigenvalue weighted by Crippen LogP contribution is 2.30. The Morgan fingerprint density at radius 3 is 2.69 bits per heavy atom. The van der Waals surface area contributed by atoms with E-state index in [0.717, 1.165) is 6.07 Å². The van der Waals surface area contributed by atoms with E-state index in [4.69, 9.17) is 4.42 Å². The Morgan fingerprint density at radius 1 is 1.27 bits per heavy atom. The zero-order chi connectivity index (χ0) is 18.7. The third-order valence-electron chi connectivity index (χ3n) is 3.89. The smallest absolute Gasteiger partial charge is 0.261 e. The molecule has 0 bridgehead atoms. The molecule has 1 aromatic carbocycles. The molecule has 1 amide bonds. The number of furan rings is 1. The van der Waals surface area contributed by atoms with Crippen LogP contribution in [-0.2, 0) is 9.84 Å². The predicted octanol–water partition coefficient (Wildman–Crippen LogP) is 3.73. The van der Waals surface area contributed by atoms with Gasteiger partial charge in [-0.1, -0.05) is 6.07 Å². The zero-order valence-corrected chi connectivity index (χ0v) is 15.4. The number of thiophene rings is 1. The number of sulfone groups is 1. The van der Waals surface area contributed by atoms with E-state index in [9.17, 15) is 17.6 Å². The third-order valence-corrected chi connectivity index (χ3v) is 6.81. The minimum Gasteiger partial charge on any atom is -0.468 e. The summed E-state index contributed by atoms with van der Waals surface area (Å²) in [6.45, 7) is 1.33. The lowest BCUT2D eigenvalue weighted by molar-refractivity contribution is 0.0957. The highest BCUT2D eigenvalue weighted by atomic mass is 32.2. The van der Waals surface area contributed by atoms with Crippen LogP contribution in [0.3, 0.4) is 0 Å². The largest absolute Gasteiger partial charge is 0.468 e. The molecule has 0 aliphatic carbocycles. The summed E-state index contributed by atoms with van der Waals surface area (Å²) >= 11 is 1.26. The lowest BCUT2D eigenvalue weighted by Crippen LogP contribution is -2.31. The van der Waals surface area contributed by atoms with Crippen LogP contribution in [-0.4, -0.2) is 20.9 Å². The number of amides is 1. The second kappa shape index (κ2) is 7.43. The van der Waals surface area contributed by atoms with Crippen molar-refractivity contribution >= 4 is 27.1 Å². The molecule has 0 spiro atoms. The van der Waals surface area contributed by atoms with Gasteiger partial charge in [-0.15, -0.1) is 11.3 Å². The molecule has 0 saturated carbocycles. The average Bonchev–Trinajstić information content (AvgIpc) is 3.30. The lowest BCUT2D eigenvalue weighted by Gasteiger charge is -2.17. The summed E-state index contributed by atoms with van der Waals surface area (Å²) in [6.07, 6.45) is 1.37. The Bertz CT molecular complexity index is 996. The number of aryl methyl sites for hydroxylation is 1. The lowest BCUT2D eigenvalue weighted by atomic mass is 10.2. The van der Waals surface area contributed by atoms with Crippen LogP contribution in [0.4, 0.5) is 4.39 Å². The van der Waals surface area contributed by atoms with Gasteiger partial charge in [-0.05, 0) is 54.3 Å². The maximum Gasteiger partial charge on any atom is 0.261 e. The minimum atomic E-state index is -3.90. The Balaban J connectivity index is 1.90. The SMILES string of the molecule is Cc1cc(S(=O)(=O)[C@@H](CNC(=O)c2cccs2)c2ccco2)ccc1F. The van der Waals surface area contributed by atoms with Gasteiger partial charge in [0.1, 0.15) is 16.8 Å². The summed E-state index contributed by atoms with van der Waals surface area (Å²) in [5, 5.41) is 3.28. The van der Waals surface area contributed by atoms with Crippen LogP contribution >= 0.6 is 11.3 Å². The number of carbonyl (C=O) groups is 1. The van der Waals surface area contributed by atoms with Crippen LogP contribution in [0, 0.1) is 12.7 Å². The molecule has 2 heterocycles. The van der Waals surface area contributed by atoms with E-state index < -0.39 is 20.9 Å². The van der Waals surface area contributed by atoms with E-state index in [2.05, 4.69) is 5.32 Å². The topological polar surface area (TPSA) is 76.4 Å². The standard InChI is InChI=1S/C18H16FNO4S2/c1-12-10-13(6-7-14(12)19)26(22,23)17(15-4-2-8-24-15)11-20-18(21)16-5-3-9-25-16/h2-10,17H,11H2,1H3,(H,20,21)/t17-/m0/s1. The van der Waals surface area contributed by atoms with Gasteiger partial charge < -0.3 is 9.73 Å². The molecule has 0 saturated heterocycles. The molecular formula is C18H16FNO4S2. The molecule has 0 unspecified atom stereocenters. The normalized spacial score (nSPS) is 12.7. The summed E-state index contributed by atoms with van der Waals surface area (Å²) < 4.78 is 44.9. The number of hydrogen-bond donors (Lipinski definition) is 1. The highest BCUT2D eigenvalue weighted by molar-refractivity contribution is 7.91. The van der Waals surface area contributed by atoms with Crippen LogP contribution in [0.25, 0.3) is 0 Å². The molecule has 0 fully saturated rings. The summed E-state index contributed by atoms with van der Waals surface area (Å²) in [6, 6.07) is 10.1. The van der Waals surface area contributed by atoms with Crippen molar-refractivity contribution in [1.29, 1.82) is 0 Å². The first kappa shape index (κ1) is 18.3. The van der Waals surface area contributed by atoms with Crippen molar-refractivity contribution in [2.45, 2.75) is 17.1 Å². The van der Waals surface area contributed by atoms with Crippen molar-refractivity contribution < 1.29 is 22.0 Å². The van der Waals surface area contributed by atoms with Crippen molar-refractivity contribution in [1.82, 2.24) is 5.32 Å². The fourth-order valence-electron chi connectivity index (χ4n) is 2.48. The second-order valence-corrected chi connectivity index (χ2v) is 8.73. The predicted molar refractivity (Wildman–Crippen MR) is 96.4 cm³/mol. The summed E-state index contributed by atoms with van der Waals surface area (Å²) in [5.41, 5.74) is 0.229. The molecule has 0 radical (unpaired) electrons. The van der Waals surface area contributed by atoms with E-state index >= 15 is 0 Å². The molecule has 1 atom stereocenters. The Morgan fingerprint density at radius 2 is 2.08 bits per heavy atom. The first-order valence-corrected chi connectivity index (χ1v) is 10.2. The van der Waals surface area contributed by atoms with Crippen LogP contribution in [0.5, 0.6) is 0 Å².